The topological polar surface area (TPSA) is 73.5 Å². The van der Waals surface area contributed by atoms with Crippen LogP contribution in [0.25, 0.3) is 32.8 Å². The summed E-state index contributed by atoms with van der Waals surface area (Å²) in [6, 6.07) is 20.9. The fraction of sp³-hybridized carbons (Fsp3) is 0.364. The zero-order chi connectivity index (χ0) is 28.8. The summed E-state index contributed by atoms with van der Waals surface area (Å²) in [7, 11) is 3.94. The average molecular weight is 620 g/mol. The van der Waals surface area contributed by atoms with Gasteiger partial charge in [0.15, 0.2) is 6.29 Å². The van der Waals surface area contributed by atoms with Gasteiger partial charge in [0.25, 0.3) is 0 Å². The van der Waals surface area contributed by atoms with Gasteiger partial charge in [-0.1, -0.05) is 70.5 Å². The summed E-state index contributed by atoms with van der Waals surface area (Å²) in [4.78, 5) is 0. The van der Waals surface area contributed by atoms with Crippen LogP contribution in [0.15, 0.2) is 66.9 Å². The van der Waals surface area contributed by atoms with E-state index in [1.54, 1.807) is 0 Å². The van der Waals surface area contributed by atoms with Gasteiger partial charge >= 0.3 is 0 Å². The van der Waals surface area contributed by atoms with Crippen LogP contribution in [-0.4, -0.2) is 46.3 Å². The molecule has 1 atom stereocenters. The molecule has 2 N–H and O–H groups in total. The molecule has 0 aliphatic rings. The Bertz CT molecular complexity index is 1600. The molecular weight excluding hydrogens is 580 g/mol. The lowest BCUT2D eigenvalue weighted by Gasteiger charge is -2.18. The zero-order valence-corrected chi connectivity index (χ0v) is 25.7. The van der Waals surface area contributed by atoms with Crippen molar-refractivity contribution in [2.75, 3.05) is 26.8 Å². The van der Waals surface area contributed by atoms with Crippen LogP contribution in [-0.2, 0) is 30.1 Å². The molecule has 0 saturated heterocycles. The molecule has 7 nitrogen and oxygen atoms in total. The molecule has 0 spiro atoms. The number of aryl methyl sites for hydroxylation is 3. The Balaban J connectivity index is 1.54. The Morgan fingerprint density at radius 3 is 2.59 bits per heavy atom. The van der Waals surface area contributed by atoms with Gasteiger partial charge in [-0.25, -0.2) is 0 Å². The highest BCUT2D eigenvalue weighted by Gasteiger charge is 2.26. The first-order valence-electron chi connectivity index (χ1n) is 14.3. The predicted molar refractivity (Wildman–Crippen MR) is 170 cm³/mol. The van der Waals surface area contributed by atoms with Gasteiger partial charge in [0.05, 0.1) is 29.7 Å². The number of alkyl halides is 1. The van der Waals surface area contributed by atoms with Crippen LogP contribution in [0.2, 0.25) is 0 Å². The minimum atomic E-state index is -1.02. The van der Waals surface area contributed by atoms with Gasteiger partial charge in [-0.15, -0.1) is 0 Å². The lowest BCUT2D eigenvalue weighted by atomic mass is 10.00. The number of ether oxygens (including phenoxy) is 2. The molecule has 8 heteroatoms. The van der Waals surface area contributed by atoms with E-state index in [4.69, 9.17) is 9.47 Å². The number of halogens is 1. The van der Waals surface area contributed by atoms with Gasteiger partial charge in [0.2, 0.25) is 0 Å². The number of rotatable bonds is 14. The Morgan fingerprint density at radius 1 is 1.00 bits per heavy atom. The largest absolute Gasteiger partial charge is 0.493 e. The molecule has 0 saturated carbocycles. The second-order valence-corrected chi connectivity index (χ2v) is 10.7. The van der Waals surface area contributed by atoms with E-state index in [2.05, 4.69) is 67.3 Å². The van der Waals surface area contributed by atoms with Crippen molar-refractivity contribution in [1.29, 1.82) is 0 Å². The summed E-state index contributed by atoms with van der Waals surface area (Å²) >= 11 is 3.66. The highest BCUT2D eigenvalue weighted by Crippen LogP contribution is 2.39. The summed E-state index contributed by atoms with van der Waals surface area (Å²) in [6.45, 7) is 4.54. The number of nitrogens with one attached hydrogen (secondary N) is 1. The summed E-state index contributed by atoms with van der Waals surface area (Å²) in [6.07, 6.45) is 3.39. The highest BCUT2D eigenvalue weighted by molar-refractivity contribution is 9.08. The third-order valence-corrected chi connectivity index (χ3v) is 8.19. The van der Waals surface area contributed by atoms with Gasteiger partial charge in [-0.05, 0) is 56.8 Å². The Morgan fingerprint density at radius 2 is 1.78 bits per heavy atom. The standard InChI is InChI=1S/C33H39BrN4O3/c1-4-40-33(39)32-26(16-9-20-41-30-17-7-12-23-11-5-6-13-24(23)30)25-14-8-15-27(28-22-36-37(3)29(28)21-34)31(25)38(32)19-10-18-35-2/h5-8,11-15,17,22,33,35,39H,4,9-10,16,18-21H2,1-3H3. The van der Waals surface area contributed by atoms with Crippen LogP contribution in [0.1, 0.15) is 43.0 Å². The molecule has 216 valence electrons. The quantitative estimate of drug-likeness (QED) is 0.0819. The van der Waals surface area contributed by atoms with Crippen LogP contribution in [0, 0.1) is 0 Å². The third-order valence-electron chi connectivity index (χ3n) is 7.65. The van der Waals surface area contributed by atoms with Crippen molar-refractivity contribution in [2.24, 2.45) is 7.05 Å². The SMILES string of the molecule is CCOC(O)c1c(CCCOc2cccc3ccccc23)c2cccc(-c3cnn(C)c3CBr)c2n1CCCNC. The van der Waals surface area contributed by atoms with Crippen molar-refractivity contribution in [1.82, 2.24) is 19.7 Å². The van der Waals surface area contributed by atoms with Crippen molar-refractivity contribution in [3.8, 4) is 16.9 Å². The summed E-state index contributed by atoms with van der Waals surface area (Å²) in [5.74, 6) is 0.897. The van der Waals surface area contributed by atoms with E-state index in [0.29, 0.717) is 18.5 Å². The van der Waals surface area contributed by atoms with E-state index in [1.165, 1.54) is 5.39 Å². The van der Waals surface area contributed by atoms with Crippen LogP contribution >= 0.6 is 15.9 Å². The normalized spacial score (nSPS) is 12.4. The number of nitrogens with zero attached hydrogens (tertiary/aromatic N) is 3. The van der Waals surface area contributed by atoms with Crippen LogP contribution in [0.4, 0.5) is 0 Å². The van der Waals surface area contributed by atoms with Crippen LogP contribution in [0.3, 0.4) is 0 Å². The van der Waals surface area contributed by atoms with E-state index in [9.17, 15) is 5.11 Å². The molecule has 2 aromatic heterocycles. The first-order valence-corrected chi connectivity index (χ1v) is 15.5. The Labute approximate surface area is 250 Å². The van der Waals surface area contributed by atoms with Crippen molar-refractivity contribution >= 4 is 37.6 Å². The first-order chi connectivity index (χ1) is 20.1. The summed E-state index contributed by atoms with van der Waals surface area (Å²) in [5.41, 5.74) is 6.36. The van der Waals surface area contributed by atoms with Gasteiger partial charge in [-0.2, -0.15) is 5.10 Å². The molecule has 1 unspecified atom stereocenters. The maximum atomic E-state index is 11.3. The van der Waals surface area contributed by atoms with E-state index in [-0.39, 0.29) is 0 Å². The molecule has 3 aromatic carbocycles. The number of fused-ring (bicyclic) bond motifs is 2. The molecule has 0 amide bonds. The average Bonchev–Trinajstić information content (AvgIpc) is 3.52. The molecule has 5 rings (SSSR count). The number of hydrogen-bond acceptors (Lipinski definition) is 5. The van der Waals surface area contributed by atoms with Gasteiger partial charge in [0, 0.05) is 47.4 Å². The summed E-state index contributed by atoms with van der Waals surface area (Å²) < 4.78 is 16.3. The molecule has 5 aromatic rings. The van der Waals surface area contributed by atoms with E-state index < -0.39 is 6.29 Å². The van der Waals surface area contributed by atoms with Gasteiger partial charge in [0.1, 0.15) is 5.75 Å². The molecule has 2 heterocycles. The maximum absolute atomic E-state index is 11.3. The monoisotopic (exact) mass is 618 g/mol. The second-order valence-electron chi connectivity index (χ2n) is 10.2. The molecule has 0 bridgehead atoms. The van der Waals surface area contributed by atoms with Crippen molar-refractivity contribution in [2.45, 2.75) is 44.4 Å². The van der Waals surface area contributed by atoms with Crippen LogP contribution < -0.4 is 10.1 Å². The maximum Gasteiger partial charge on any atom is 0.196 e. The van der Waals surface area contributed by atoms with Crippen molar-refractivity contribution in [3.05, 3.63) is 83.8 Å². The number of benzene rings is 3. The molecule has 41 heavy (non-hydrogen) atoms. The van der Waals surface area contributed by atoms with Gasteiger partial charge in [-0.3, -0.25) is 4.68 Å². The number of para-hydroxylation sites is 1. The summed E-state index contributed by atoms with van der Waals surface area (Å²) in [5, 5.41) is 23.3. The minimum Gasteiger partial charge on any atom is -0.493 e. The molecule has 0 radical (unpaired) electrons. The molecular formula is C33H39BrN4O3. The first kappa shape index (κ1) is 29.3. The lowest BCUT2D eigenvalue weighted by molar-refractivity contribution is -0.103. The Hall–Kier alpha value is -3.17. The number of hydrogen-bond donors (Lipinski definition) is 2. The molecule has 0 aliphatic heterocycles. The van der Waals surface area contributed by atoms with Crippen molar-refractivity contribution in [3.63, 3.8) is 0 Å². The fourth-order valence-corrected chi connectivity index (χ4v) is 6.41. The van der Waals surface area contributed by atoms with E-state index in [0.717, 1.165) is 82.5 Å². The van der Waals surface area contributed by atoms with Crippen molar-refractivity contribution < 1.29 is 14.6 Å². The minimum absolute atomic E-state index is 0.423. The number of aliphatic hydroxyl groups is 1. The van der Waals surface area contributed by atoms with E-state index >= 15 is 0 Å². The van der Waals surface area contributed by atoms with Crippen LogP contribution in [0.5, 0.6) is 5.75 Å². The highest BCUT2D eigenvalue weighted by atomic mass is 79.9. The van der Waals surface area contributed by atoms with E-state index in [1.807, 2.05) is 56.2 Å². The second kappa shape index (κ2) is 13.7. The zero-order valence-electron chi connectivity index (χ0n) is 24.1. The Kier molecular flexibility index (Phi) is 9.77. The third kappa shape index (κ3) is 6.06. The number of aromatic nitrogens is 3. The number of aliphatic hydroxyl groups excluding tert-OH is 1. The molecule has 0 aliphatic carbocycles. The molecule has 0 fully saturated rings. The smallest absolute Gasteiger partial charge is 0.196 e. The lowest BCUT2D eigenvalue weighted by Crippen LogP contribution is -2.16. The predicted octanol–water partition coefficient (Wildman–Crippen LogP) is 6.74. The fourth-order valence-electron chi connectivity index (χ4n) is 5.74. The van der Waals surface area contributed by atoms with Gasteiger partial charge < -0.3 is 24.5 Å².